The van der Waals surface area contributed by atoms with E-state index in [9.17, 15) is 9.90 Å². The monoisotopic (exact) mass is 476 g/mol. The standard InChI is InChI=1S/C26H37ClN2O4/c1-24-8-5-9-25(2,32-3)26(24,31)15-20-21(23(30)33-22(20)16-24)17-28-10-12-29(13-11-28)19-7-4-6-18(27)14-19/h4,6-7,14,20-22,31H,5,8-13,15-17H2,1-3H3/t20-,21-,22+,24+,25+,26+/m0/s1. The van der Waals surface area contributed by atoms with Gasteiger partial charge >= 0.3 is 5.97 Å². The van der Waals surface area contributed by atoms with Crippen LogP contribution in [0.5, 0.6) is 0 Å². The summed E-state index contributed by atoms with van der Waals surface area (Å²) < 4.78 is 11.9. The number of anilines is 1. The minimum atomic E-state index is -0.953. The molecule has 0 aromatic heterocycles. The van der Waals surface area contributed by atoms with Crippen LogP contribution in [0.25, 0.3) is 0 Å². The summed E-state index contributed by atoms with van der Waals surface area (Å²) in [5.74, 6) is -0.245. The quantitative estimate of drug-likeness (QED) is 0.668. The summed E-state index contributed by atoms with van der Waals surface area (Å²) in [7, 11) is 1.71. The molecule has 2 aliphatic heterocycles. The number of halogens is 1. The molecular weight excluding hydrogens is 440 g/mol. The van der Waals surface area contributed by atoms with Crippen LogP contribution >= 0.6 is 11.6 Å². The molecule has 0 spiro atoms. The van der Waals surface area contributed by atoms with E-state index in [1.54, 1.807) is 7.11 Å². The Labute approximate surface area is 202 Å². The maximum atomic E-state index is 13.0. The van der Waals surface area contributed by atoms with E-state index in [0.717, 1.165) is 62.6 Å². The largest absolute Gasteiger partial charge is 0.462 e. The normalized spacial score (nSPS) is 41.4. The van der Waals surface area contributed by atoms with Gasteiger partial charge in [0.2, 0.25) is 0 Å². The lowest BCUT2D eigenvalue weighted by molar-refractivity contribution is -0.270. The number of hydrogen-bond donors (Lipinski definition) is 1. The van der Waals surface area contributed by atoms with E-state index in [2.05, 4.69) is 22.8 Å². The molecular formula is C26H37ClN2O4. The predicted octanol–water partition coefficient (Wildman–Crippen LogP) is 3.74. The molecule has 2 aliphatic carbocycles. The summed E-state index contributed by atoms with van der Waals surface area (Å²) in [5.41, 5.74) is -0.697. The molecule has 1 N–H and O–H groups in total. The number of esters is 1. The number of methoxy groups -OCH3 is 1. The maximum absolute atomic E-state index is 13.0. The molecule has 4 fully saturated rings. The number of carbonyl (C=O) groups excluding carboxylic acids is 1. The fraction of sp³-hybridized carbons (Fsp3) is 0.731. The third kappa shape index (κ3) is 3.78. The van der Waals surface area contributed by atoms with Crippen LogP contribution in [0.4, 0.5) is 5.69 Å². The first-order chi connectivity index (χ1) is 15.7. The van der Waals surface area contributed by atoms with Crippen LogP contribution in [-0.2, 0) is 14.3 Å². The molecule has 0 bridgehead atoms. The van der Waals surface area contributed by atoms with Crippen molar-refractivity contribution in [3.05, 3.63) is 29.3 Å². The van der Waals surface area contributed by atoms with Crippen LogP contribution in [0, 0.1) is 17.3 Å². The highest BCUT2D eigenvalue weighted by atomic mass is 35.5. The number of hydrogen-bond acceptors (Lipinski definition) is 6. The molecule has 7 heteroatoms. The Hall–Kier alpha value is -1.34. The zero-order valence-electron chi connectivity index (χ0n) is 20.1. The van der Waals surface area contributed by atoms with Gasteiger partial charge in [-0.1, -0.05) is 24.6 Å². The zero-order valence-corrected chi connectivity index (χ0v) is 20.8. The van der Waals surface area contributed by atoms with Crippen molar-refractivity contribution >= 4 is 23.3 Å². The zero-order chi connectivity index (χ0) is 23.4. The van der Waals surface area contributed by atoms with Gasteiger partial charge in [-0.15, -0.1) is 0 Å². The van der Waals surface area contributed by atoms with Crippen molar-refractivity contribution in [3.8, 4) is 0 Å². The van der Waals surface area contributed by atoms with E-state index in [4.69, 9.17) is 21.1 Å². The predicted molar refractivity (Wildman–Crippen MR) is 129 cm³/mol. The van der Waals surface area contributed by atoms with E-state index in [-0.39, 0.29) is 29.3 Å². The van der Waals surface area contributed by atoms with E-state index < -0.39 is 11.2 Å². The Kier molecular flexibility index (Phi) is 5.96. The molecule has 0 radical (unpaired) electrons. The summed E-state index contributed by atoms with van der Waals surface area (Å²) in [6.45, 7) is 8.50. The third-order valence-corrected chi connectivity index (χ3v) is 9.69. The van der Waals surface area contributed by atoms with Crippen LogP contribution in [0.1, 0.15) is 46.0 Å². The maximum Gasteiger partial charge on any atom is 0.310 e. The van der Waals surface area contributed by atoms with Crippen LogP contribution < -0.4 is 4.90 Å². The Morgan fingerprint density at radius 1 is 1.18 bits per heavy atom. The number of ether oxygens (including phenoxy) is 2. The molecule has 33 heavy (non-hydrogen) atoms. The van der Waals surface area contributed by atoms with Crippen molar-refractivity contribution in [1.82, 2.24) is 4.90 Å². The van der Waals surface area contributed by atoms with Crippen LogP contribution in [0.15, 0.2) is 24.3 Å². The van der Waals surface area contributed by atoms with Crippen molar-refractivity contribution in [2.75, 3.05) is 44.7 Å². The van der Waals surface area contributed by atoms with Gasteiger partial charge in [0.05, 0.1) is 17.1 Å². The lowest BCUT2D eigenvalue weighted by atomic mass is 9.49. The second-order valence-electron chi connectivity index (χ2n) is 11.1. The molecule has 0 amide bonds. The van der Waals surface area contributed by atoms with Gasteiger partial charge in [-0.3, -0.25) is 9.69 Å². The second-order valence-corrected chi connectivity index (χ2v) is 11.6. The van der Waals surface area contributed by atoms with Crippen molar-refractivity contribution in [2.45, 2.75) is 63.3 Å². The van der Waals surface area contributed by atoms with Gasteiger partial charge in [-0.2, -0.15) is 0 Å². The molecule has 1 aromatic carbocycles. The Bertz CT molecular complexity index is 906. The van der Waals surface area contributed by atoms with E-state index in [1.807, 2.05) is 25.1 Å². The van der Waals surface area contributed by atoms with Crippen molar-refractivity contribution in [1.29, 1.82) is 0 Å². The fourth-order valence-electron chi connectivity index (χ4n) is 7.23. The van der Waals surface area contributed by atoms with Crippen molar-refractivity contribution in [3.63, 3.8) is 0 Å². The van der Waals surface area contributed by atoms with Gasteiger partial charge in [-0.05, 0) is 57.2 Å². The van der Waals surface area contributed by atoms with Gasteiger partial charge in [0.25, 0.3) is 0 Å². The van der Waals surface area contributed by atoms with Gasteiger partial charge in [0, 0.05) is 61.9 Å². The Morgan fingerprint density at radius 2 is 1.94 bits per heavy atom. The summed E-state index contributed by atoms with van der Waals surface area (Å²) in [4.78, 5) is 17.7. The first kappa shape index (κ1) is 23.4. The summed E-state index contributed by atoms with van der Waals surface area (Å²) in [6, 6.07) is 7.98. The fourth-order valence-corrected chi connectivity index (χ4v) is 7.42. The average molecular weight is 477 g/mol. The first-order valence-electron chi connectivity index (χ1n) is 12.4. The van der Waals surface area contributed by atoms with Crippen LogP contribution in [0.3, 0.4) is 0 Å². The van der Waals surface area contributed by atoms with Gasteiger partial charge < -0.3 is 19.5 Å². The first-order valence-corrected chi connectivity index (χ1v) is 12.8. The molecule has 2 saturated heterocycles. The molecule has 0 unspecified atom stereocenters. The van der Waals surface area contributed by atoms with Crippen LogP contribution in [-0.4, -0.2) is 73.1 Å². The van der Waals surface area contributed by atoms with E-state index in [0.29, 0.717) is 13.0 Å². The molecule has 5 rings (SSSR count). The smallest absolute Gasteiger partial charge is 0.310 e. The molecule has 182 valence electrons. The number of aliphatic hydroxyl groups is 1. The molecule has 6 atom stereocenters. The SMILES string of the molecule is CO[C@]1(C)CCC[C@]2(C)C[C@H]3OC(=O)[C@@H](CN4CCN(c5cccc(Cl)c5)CC4)[C@@H]3C[C@@]21O. The number of piperazine rings is 1. The second kappa shape index (κ2) is 8.40. The minimum absolute atomic E-state index is 0.0362. The van der Waals surface area contributed by atoms with Gasteiger partial charge in [0.15, 0.2) is 0 Å². The molecule has 2 heterocycles. The Morgan fingerprint density at radius 3 is 2.64 bits per heavy atom. The molecule has 6 nitrogen and oxygen atoms in total. The van der Waals surface area contributed by atoms with Crippen molar-refractivity contribution < 1.29 is 19.4 Å². The van der Waals surface area contributed by atoms with E-state index in [1.165, 1.54) is 0 Å². The lowest BCUT2D eigenvalue weighted by Crippen LogP contribution is -2.69. The number of fused-ring (bicyclic) bond motifs is 2. The Balaban J connectivity index is 1.28. The minimum Gasteiger partial charge on any atom is -0.462 e. The highest BCUT2D eigenvalue weighted by molar-refractivity contribution is 6.30. The number of benzene rings is 1. The number of nitrogens with zero attached hydrogens (tertiary/aromatic N) is 2. The lowest BCUT2D eigenvalue weighted by Gasteiger charge is -2.62. The highest BCUT2D eigenvalue weighted by Crippen LogP contribution is 2.61. The van der Waals surface area contributed by atoms with Gasteiger partial charge in [-0.25, -0.2) is 0 Å². The van der Waals surface area contributed by atoms with Crippen LogP contribution in [0.2, 0.25) is 5.02 Å². The highest BCUT2D eigenvalue weighted by Gasteiger charge is 2.67. The summed E-state index contributed by atoms with van der Waals surface area (Å²) in [5, 5.41) is 12.8. The summed E-state index contributed by atoms with van der Waals surface area (Å²) >= 11 is 6.17. The number of carbonyl (C=O) groups is 1. The van der Waals surface area contributed by atoms with Crippen molar-refractivity contribution in [2.24, 2.45) is 17.3 Å². The molecule has 1 aromatic rings. The molecule has 4 aliphatic rings. The number of rotatable bonds is 4. The van der Waals surface area contributed by atoms with Gasteiger partial charge in [0.1, 0.15) is 6.10 Å². The van der Waals surface area contributed by atoms with E-state index >= 15 is 0 Å². The topological polar surface area (TPSA) is 62.2 Å². The third-order valence-electron chi connectivity index (χ3n) is 9.45. The average Bonchev–Trinajstić information content (AvgIpc) is 3.07. The molecule has 2 saturated carbocycles. The summed E-state index contributed by atoms with van der Waals surface area (Å²) in [6.07, 6.45) is 4.00.